The van der Waals surface area contributed by atoms with Crippen LogP contribution in [0.1, 0.15) is 86.5 Å². The van der Waals surface area contributed by atoms with Gasteiger partial charge in [-0.05, 0) is 23.7 Å². The topological polar surface area (TPSA) is 0 Å². The van der Waals surface area contributed by atoms with E-state index in [1.54, 1.807) is 0 Å². The maximum atomic E-state index is 2.47. The maximum absolute atomic E-state index is 2.47. The second kappa shape index (κ2) is 9.97. The van der Waals surface area contributed by atoms with Crippen LogP contribution >= 0.6 is 0 Å². The average Bonchev–Trinajstić information content (AvgIpc) is 2.34. The molecule has 104 valence electrons. The van der Waals surface area contributed by atoms with E-state index in [1.807, 2.05) is 0 Å². The Labute approximate surface area is 111 Å². The summed E-state index contributed by atoms with van der Waals surface area (Å²) in [6.07, 6.45) is 9.80. The fraction of sp³-hybridized carbons (Fsp3) is 1.00. The summed E-state index contributed by atoms with van der Waals surface area (Å²) < 4.78 is 0. The third-order valence-electron chi connectivity index (χ3n) is 4.92. The first-order valence-electron chi connectivity index (χ1n) is 8.06. The maximum Gasteiger partial charge on any atom is -0.0391 e. The van der Waals surface area contributed by atoms with Crippen molar-refractivity contribution in [1.82, 2.24) is 0 Å². The molecule has 4 unspecified atom stereocenters. The van der Waals surface area contributed by atoms with Crippen LogP contribution in [0.3, 0.4) is 0 Å². The Kier molecular flexibility index (Phi) is 9.97. The standard InChI is InChI=1S/C17H36/c1-7-11-17(9-3)16(6)13-10-12-15(5)14(4)8-2/h14-17H,7-13H2,1-6H3. The van der Waals surface area contributed by atoms with Gasteiger partial charge in [0.1, 0.15) is 0 Å². The second-order valence-electron chi connectivity index (χ2n) is 6.23. The molecular weight excluding hydrogens is 204 g/mol. The average molecular weight is 240 g/mol. The summed E-state index contributed by atoms with van der Waals surface area (Å²) in [5.74, 6) is 3.73. The summed E-state index contributed by atoms with van der Waals surface area (Å²) in [7, 11) is 0. The van der Waals surface area contributed by atoms with Crippen LogP contribution in [0.15, 0.2) is 0 Å². The quantitative estimate of drug-likeness (QED) is 0.420. The van der Waals surface area contributed by atoms with Gasteiger partial charge in [-0.25, -0.2) is 0 Å². The van der Waals surface area contributed by atoms with E-state index in [1.165, 1.54) is 44.9 Å². The van der Waals surface area contributed by atoms with E-state index in [4.69, 9.17) is 0 Å². The number of hydrogen-bond acceptors (Lipinski definition) is 0. The highest BCUT2D eigenvalue weighted by atomic mass is 14.2. The van der Waals surface area contributed by atoms with Crippen molar-refractivity contribution in [2.75, 3.05) is 0 Å². The lowest BCUT2D eigenvalue weighted by Gasteiger charge is -2.24. The highest BCUT2D eigenvalue weighted by molar-refractivity contribution is 4.67. The van der Waals surface area contributed by atoms with Gasteiger partial charge in [-0.2, -0.15) is 0 Å². The van der Waals surface area contributed by atoms with Crippen molar-refractivity contribution >= 4 is 0 Å². The van der Waals surface area contributed by atoms with Gasteiger partial charge in [0.05, 0.1) is 0 Å². The first-order valence-corrected chi connectivity index (χ1v) is 8.06. The molecule has 0 aromatic rings. The predicted octanol–water partition coefficient (Wildman–Crippen LogP) is 6.30. The molecule has 0 heteroatoms. The van der Waals surface area contributed by atoms with E-state index in [0.29, 0.717) is 0 Å². The molecule has 0 aliphatic heterocycles. The van der Waals surface area contributed by atoms with E-state index in [0.717, 1.165) is 23.7 Å². The zero-order valence-corrected chi connectivity index (χ0v) is 13.3. The highest BCUT2D eigenvalue weighted by Gasteiger charge is 2.15. The molecule has 17 heavy (non-hydrogen) atoms. The van der Waals surface area contributed by atoms with Crippen LogP contribution < -0.4 is 0 Å². The van der Waals surface area contributed by atoms with E-state index in [9.17, 15) is 0 Å². The molecule has 0 radical (unpaired) electrons. The molecular formula is C17H36. The first-order chi connectivity index (χ1) is 8.06. The van der Waals surface area contributed by atoms with Crippen molar-refractivity contribution in [2.45, 2.75) is 86.5 Å². The van der Waals surface area contributed by atoms with E-state index in [-0.39, 0.29) is 0 Å². The Morgan fingerprint density at radius 1 is 0.647 bits per heavy atom. The van der Waals surface area contributed by atoms with Crippen LogP contribution in [0.5, 0.6) is 0 Å². The van der Waals surface area contributed by atoms with Gasteiger partial charge >= 0.3 is 0 Å². The predicted molar refractivity (Wildman–Crippen MR) is 80.3 cm³/mol. The van der Waals surface area contributed by atoms with Crippen molar-refractivity contribution in [3.8, 4) is 0 Å². The lowest BCUT2D eigenvalue weighted by atomic mass is 9.82. The van der Waals surface area contributed by atoms with Crippen LogP contribution in [0.25, 0.3) is 0 Å². The monoisotopic (exact) mass is 240 g/mol. The minimum Gasteiger partial charge on any atom is -0.0654 e. The van der Waals surface area contributed by atoms with Crippen LogP contribution in [-0.4, -0.2) is 0 Å². The smallest absolute Gasteiger partial charge is 0.0391 e. The van der Waals surface area contributed by atoms with Gasteiger partial charge < -0.3 is 0 Å². The van der Waals surface area contributed by atoms with Gasteiger partial charge in [-0.1, -0.05) is 86.5 Å². The molecule has 0 aromatic heterocycles. The fourth-order valence-electron chi connectivity index (χ4n) is 2.95. The van der Waals surface area contributed by atoms with Crippen LogP contribution in [-0.2, 0) is 0 Å². The van der Waals surface area contributed by atoms with Gasteiger partial charge in [-0.3, -0.25) is 0 Å². The SMILES string of the molecule is CCCC(CC)C(C)CCCC(C)C(C)CC. The number of rotatable bonds is 10. The van der Waals surface area contributed by atoms with E-state index >= 15 is 0 Å². The van der Waals surface area contributed by atoms with E-state index in [2.05, 4.69) is 41.5 Å². The first kappa shape index (κ1) is 17.0. The summed E-state index contributed by atoms with van der Waals surface area (Å²) in [5.41, 5.74) is 0. The summed E-state index contributed by atoms with van der Waals surface area (Å²) in [4.78, 5) is 0. The van der Waals surface area contributed by atoms with E-state index < -0.39 is 0 Å². The molecule has 0 amide bonds. The fourth-order valence-corrected chi connectivity index (χ4v) is 2.95. The second-order valence-corrected chi connectivity index (χ2v) is 6.23. The largest absolute Gasteiger partial charge is 0.0654 e. The number of hydrogen-bond donors (Lipinski definition) is 0. The van der Waals surface area contributed by atoms with Crippen molar-refractivity contribution in [2.24, 2.45) is 23.7 Å². The normalized spacial score (nSPS) is 18.7. The Morgan fingerprint density at radius 3 is 1.71 bits per heavy atom. The Hall–Kier alpha value is 0. The summed E-state index contributed by atoms with van der Waals surface area (Å²) in [6, 6.07) is 0. The molecule has 0 N–H and O–H groups in total. The molecule has 0 nitrogen and oxygen atoms in total. The summed E-state index contributed by atoms with van der Waals surface area (Å²) in [5, 5.41) is 0. The van der Waals surface area contributed by atoms with Gasteiger partial charge in [0, 0.05) is 0 Å². The Morgan fingerprint density at radius 2 is 1.24 bits per heavy atom. The summed E-state index contributed by atoms with van der Waals surface area (Å²) in [6.45, 7) is 14.3. The van der Waals surface area contributed by atoms with Gasteiger partial charge in [-0.15, -0.1) is 0 Å². The Bertz CT molecular complexity index is 161. The van der Waals surface area contributed by atoms with Gasteiger partial charge in [0.15, 0.2) is 0 Å². The molecule has 0 saturated carbocycles. The van der Waals surface area contributed by atoms with Crippen LogP contribution in [0.2, 0.25) is 0 Å². The Balaban J connectivity index is 3.79. The lowest BCUT2D eigenvalue weighted by molar-refractivity contribution is 0.278. The summed E-state index contributed by atoms with van der Waals surface area (Å²) >= 11 is 0. The zero-order chi connectivity index (χ0) is 13.3. The third kappa shape index (κ3) is 7.11. The molecule has 0 aromatic carbocycles. The van der Waals surface area contributed by atoms with Crippen molar-refractivity contribution < 1.29 is 0 Å². The zero-order valence-electron chi connectivity index (χ0n) is 13.3. The third-order valence-corrected chi connectivity index (χ3v) is 4.92. The molecule has 4 atom stereocenters. The van der Waals surface area contributed by atoms with Crippen molar-refractivity contribution in [3.05, 3.63) is 0 Å². The molecule has 0 bridgehead atoms. The minimum atomic E-state index is 0.905. The highest BCUT2D eigenvalue weighted by Crippen LogP contribution is 2.27. The lowest BCUT2D eigenvalue weighted by Crippen LogP contribution is -2.12. The molecule has 0 aliphatic rings. The minimum absolute atomic E-state index is 0.905. The van der Waals surface area contributed by atoms with Crippen LogP contribution in [0.4, 0.5) is 0 Å². The van der Waals surface area contributed by atoms with Crippen molar-refractivity contribution in [3.63, 3.8) is 0 Å². The van der Waals surface area contributed by atoms with Crippen LogP contribution in [0, 0.1) is 23.7 Å². The molecule has 0 rings (SSSR count). The molecule has 0 fully saturated rings. The van der Waals surface area contributed by atoms with Crippen molar-refractivity contribution in [1.29, 1.82) is 0 Å². The van der Waals surface area contributed by atoms with Gasteiger partial charge in [0.2, 0.25) is 0 Å². The molecule has 0 aliphatic carbocycles. The molecule has 0 heterocycles. The molecule has 0 spiro atoms. The molecule has 0 saturated heterocycles. The van der Waals surface area contributed by atoms with Gasteiger partial charge in [0.25, 0.3) is 0 Å².